The molecule has 2 rings (SSSR count). The number of anilines is 1. The summed E-state index contributed by atoms with van der Waals surface area (Å²) in [6.45, 7) is 3.45. The summed E-state index contributed by atoms with van der Waals surface area (Å²) in [4.78, 5) is 19.3. The van der Waals surface area contributed by atoms with Crippen molar-refractivity contribution < 1.29 is 0 Å². The van der Waals surface area contributed by atoms with E-state index in [4.69, 9.17) is 12.2 Å². The number of H-pyrrole nitrogens is 2. The maximum Gasteiger partial charge on any atom is 0.256 e. The Kier molecular flexibility index (Phi) is 3.94. The van der Waals surface area contributed by atoms with Crippen LogP contribution < -0.4 is 10.5 Å². The minimum absolute atomic E-state index is 0.131. The summed E-state index contributed by atoms with van der Waals surface area (Å²) in [5.74, 6) is 0. The highest BCUT2D eigenvalue weighted by molar-refractivity contribution is 7.71. The summed E-state index contributed by atoms with van der Waals surface area (Å²) in [6, 6.07) is 10.0. The van der Waals surface area contributed by atoms with E-state index >= 15 is 0 Å². The summed E-state index contributed by atoms with van der Waals surface area (Å²) in [5, 5.41) is 0. The lowest BCUT2D eigenvalue weighted by Gasteiger charge is -2.22. The topological polar surface area (TPSA) is 51.9 Å². The van der Waals surface area contributed by atoms with E-state index in [2.05, 4.69) is 21.8 Å². The van der Waals surface area contributed by atoms with E-state index < -0.39 is 0 Å². The standard InChI is InChI=1S/C13H15N3OS/c1-2-16(11-6-4-3-5-7-11)9-10-8-14-13(18)15-12(10)17/h3-8H,2,9H2,1H3,(H2,14,15,17,18). The lowest BCUT2D eigenvalue weighted by Crippen LogP contribution is -2.26. The molecule has 0 spiro atoms. The molecule has 0 aliphatic heterocycles. The summed E-state index contributed by atoms with van der Waals surface area (Å²) >= 11 is 4.87. The van der Waals surface area contributed by atoms with Crippen LogP contribution in [0.25, 0.3) is 0 Å². The van der Waals surface area contributed by atoms with Crippen LogP contribution in [-0.4, -0.2) is 16.5 Å². The zero-order valence-corrected chi connectivity index (χ0v) is 11.0. The zero-order valence-electron chi connectivity index (χ0n) is 10.1. The third-order valence-corrected chi connectivity index (χ3v) is 2.98. The molecule has 0 saturated carbocycles. The molecule has 0 saturated heterocycles. The molecule has 2 aromatic rings. The Hall–Kier alpha value is -1.88. The van der Waals surface area contributed by atoms with E-state index in [0.29, 0.717) is 16.9 Å². The highest BCUT2D eigenvalue weighted by Crippen LogP contribution is 2.14. The predicted molar refractivity (Wildman–Crippen MR) is 75.4 cm³/mol. The fraction of sp³-hybridized carbons (Fsp3) is 0.231. The summed E-state index contributed by atoms with van der Waals surface area (Å²) in [6.07, 6.45) is 1.67. The molecule has 1 heterocycles. The van der Waals surface area contributed by atoms with Crippen molar-refractivity contribution in [3.05, 3.63) is 57.2 Å². The van der Waals surface area contributed by atoms with Crippen molar-refractivity contribution in [3.63, 3.8) is 0 Å². The lowest BCUT2D eigenvalue weighted by molar-refractivity contribution is 0.812. The molecule has 1 aromatic heterocycles. The Morgan fingerprint density at radius 3 is 2.61 bits per heavy atom. The van der Waals surface area contributed by atoms with Crippen molar-refractivity contribution in [2.45, 2.75) is 13.5 Å². The van der Waals surface area contributed by atoms with Crippen LogP contribution in [0.4, 0.5) is 5.69 Å². The predicted octanol–water partition coefficient (Wildman–Crippen LogP) is 2.46. The van der Waals surface area contributed by atoms with Gasteiger partial charge >= 0.3 is 0 Å². The van der Waals surface area contributed by atoms with E-state index in [1.54, 1.807) is 6.20 Å². The Morgan fingerprint density at radius 1 is 1.28 bits per heavy atom. The van der Waals surface area contributed by atoms with E-state index in [1.165, 1.54) is 0 Å². The van der Waals surface area contributed by atoms with E-state index in [0.717, 1.165) is 12.2 Å². The van der Waals surface area contributed by atoms with Crippen molar-refractivity contribution >= 4 is 17.9 Å². The molecule has 0 radical (unpaired) electrons. The molecule has 0 aliphatic carbocycles. The molecule has 0 amide bonds. The third kappa shape index (κ3) is 2.87. The molecular formula is C13H15N3OS. The highest BCUT2D eigenvalue weighted by atomic mass is 32.1. The Bertz CT molecular complexity index is 618. The van der Waals surface area contributed by atoms with Crippen molar-refractivity contribution in [2.75, 3.05) is 11.4 Å². The van der Waals surface area contributed by atoms with Crippen LogP contribution >= 0.6 is 12.2 Å². The first kappa shape index (κ1) is 12.6. The molecule has 0 unspecified atom stereocenters. The van der Waals surface area contributed by atoms with E-state index in [1.807, 2.05) is 30.3 Å². The number of aromatic nitrogens is 2. The molecular weight excluding hydrogens is 246 g/mol. The normalized spacial score (nSPS) is 10.3. The quantitative estimate of drug-likeness (QED) is 0.831. The largest absolute Gasteiger partial charge is 0.367 e. The van der Waals surface area contributed by atoms with Gasteiger partial charge < -0.3 is 9.88 Å². The molecule has 4 nitrogen and oxygen atoms in total. The minimum Gasteiger partial charge on any atom is -0.367 e. The molecule has 0 bridgehead atoms. The van der Waals surface area contributed by atoms with Gasteiger partial charge in [-0.15, -0.1) is 0 Å². The number of nitrogens with zero attached hydrogens (tertiary/aromatic N) is 1. The monoisotopic (exact) mass is 261 g/mol. The van der Waals surface area contributed by atoms with Gasteiger partial charge in [0.05, 0.1) is 5.56 Å². The smallest absolute Gasteiger partial charge is 0.256 e. The fourth-order valence-electron chi connectivity index (χ4n) is 1.79. The van der Waals surface area contributed by atoms with Gasteiger partial charge in [-0.05, 0) is 31.3 Å². The van der Waals surface area contributed by atoms with Gasteiger partial charge in [0.25, 0.3) is 5.56 Å². The number of rotatable bonds is 4. The highest BCUT2D eigenvalue weighted by Gasteiger charge is 2.07. The first-order valence-electron chi connectivity index (χ1n) is 5.81. The summed E-state index contributed by atoms with van der Waals surface area (Å²) < 4.78 is 0.353. The number of aromatic amines is 2. The Morgan fingerprint density at radius 2 is 2.00 bits per heavy atom. The summed E-state index contributed by atoms with van der Waals surface area (Å²) in [7, 11) is 0. The molecule has 5 heteroatoms. The lowest BCUT2D eigenvalue weighted by atomic mass is 10.2. The van der Waals surface area contributed by atoms with Crippen LogP contribution in [0.2, 0.25) is 0 Å². The maximum atomic E-state index is 11.8. The van der Waals surface area contributed by atoms with Crippen molar-refractivity contribution in [1.82, 2.24) is 9.97 Å². The third-order valence-electron chi connectivity index (χ3n) is 2.76. The average molecular weight is 261 g/mol. The number of hydrogen-bond acceptors (Lipinski definition) is 3. The van der Waals surface area contributed by atoms with Gasteiger partial charge in [-0.2, -0.15) is 0 Å². The molecule has 94 valence electrons. The number of hydrogen-bond donors (Lipinski definition) is 2. The molecule has 0 atom stereocenters. The van der Waals surface area contributed by atoms with Gasteiger partial charge in [0.1, 0.15) is 0 Å². The van der Waals surface area contributed by atoms with Gasteiger partial charge in [0.15, 0.2) is 4.77 Å². The molecule has 18 heavy (non-hydrogen) atoms. The SMILES string of the molecule is CCN(Cc1c[nH]c(=S)[nH]c1=O)c1ccccc1. The van der Waals surface area contributed by atoms with Crippen molar-refractivity contribution in [3.8, 4) is 0 Å². The van der Waals surface area contributed by atoms with E-state index in [-0.39, 0.29) is 5.56 Å². The molecule has 1 aromatic carbocycles. The van der Waals surface area contributed by atoms with Gasteiger partial charge in [-0.1, -0.05) is 18.2 Å². The molecule has 0 aliphatic rings. The maximum absolute atomic E-state index is 11.8. The van der Waals surface area contributed by atoms with E-state index in [9.17, 15) is 4.79 Å². The first-order chi connectivity index (χ1) is 8.70. The second-order valence-corrected chi connectivity index (χ2v) is 4.36. The number of benzene rings is 1. The molecule has 2 N–H and O–H groups in total. The number of nitrogens with one attached hydrogen (secondary N) is 2. The second-order valence-electron chi connectivity index (χ2n) is 3.95. The van der Waals surface area contributed by atoms with Gasteiger partial charge in [0.2, 0.25) is 0 Å². The van der Waals surface area contributed by atoms with Gasteiger partial charge in [-0.3, -0.25) is 9.78 Å². The Balaban J connectivity index is 2.26. The van der Waals surface area contributed by atoms with Gasteiger partial charge in [-0.25, -0.2) is 0 Å². The van der Waals surface area contributed by atoms with Crippen LogP contribution in [0, 0.1) is 4.77 Å². The van der Waals surface area contributed by atoms with Crippen LogP contribution in [0.5, 0.6) is 0 Å². The van der Waals surface area contributed by atoms with Crippen molar-refractivity contribution in [2.24, 2.45) is 0 Å². The second kappa shape index (κ2) is 5.64. The van der Waals surface area contributed by atoms with Crippen LogP contribution in [0.1, 0.15) is 12.5 Å². The first-order valence-corrected chi connectivity index (χ1v) is 6.22. The van der Waals surface area contributed by atoms with Crippen LogP contribution in [-0.2, 0) is 6.54 Å². The van der Waals surface area contributed by atoms with Gasteiger partial charge in [0, 0.05) is 25.0 Å². The fourth-order valence-corrected chi connectivity index (χ4v) is 1.94. The summed E-state index contributed by atoms with van der Waals surface area (Å²) in [5.41, 5.74) is 1.64. The average Bonchev–Trinajstić information content (AvgIpc) is 2.39. The van der Waals surface area contributed by atoms with Crippen LogP contribution in [0.3, 0.4) is 0 Å². The minimum atomic E-state index is -0.131. The van der Waals surface area contributed by atoms with Crippen molar-refractivity contribution in [1.29, 1.82) is 0 Å². The molecule has 0 fully saturated rings. The number of para-hydroxylation sites is 1. The Labute approximate surface area is 110 Å². The zero-order chi connectivity index (χ0) is 13.0. The van der Waals surface area contributed by atoms with Crippen LogP contribution in [0.15, 0.2) is 41.3 Å².